The third-order valence-corrected chi connectivity index (χ3v) is 4.50. The van der Waals surface area contributed by atoms with Crippen molar-refractivity contribution in [2.75, 3.05) is 39.9 Å². The molecule has 2 N–H and O–H groups in total. The van der Waals surface area contributed by atoms with Gasteiger partial charge in [0.1, 0.15) is 11.4 Å². The summed E-state index contributed by atoms with van der Waals surface area (Å²) >= 11 is 0. The van der Waals surface area contributed by atoms with Crippen molar-refractivity contribution >= 4 is 5.91 Å². The molecule has 1 unspecified atom stereocenters. The van der Waals surface area contributed by atoms with Gasteiger partial charge in [-0.1, -0.05) is 20.8 Å². The van der Waals surface area contributed by atoms with E-state index in [4.69, 9.17) is 4.74 Å². The van der Waals surface area contributed by atoms with E-state index in [0.29, 0.717) is 18.3 Å². The van der Waals surface area contributed by atoms with Crippen LogP contribution in [0, 0.1) is 5.92 Å². The number of rotatable bonds is 7. The molecular weight excluding hydrogens is 320 g/mol. The SMILES string of the molecule is COCCCN1CCC(CNC(=O)c2cnc(C(C)(C)C)[nH]c2=O)C1. The number of H-pyrrole nitrogens is 1. The molecule has 7 nitrogen and oxygen atoms in total. The third kappa shape index (κ3) is 5.64. The van der Waals surface area contributed by atoms with Gasteiger partial charge >= 0.3 is 0 Å². The van der Waals surface area contributed by atoms with Gasteiger partial charge in [-0.3, -0.25) is 9.59 Å². The van der Waals surface area contributed by atoms with Crippen LogP contribution in [0.25, 0.3) is 0 Å². The molecule has 1 amide bonds. The number of aromatic amines is 1. The molecule has 1 aromatic heterocycles. The average molecular weight is 350 g/mol. The van der Waals surface area contributed by atoms with Gasteiger partial charge < -0.3 is 19.9 Å². The summed E-state index contributed by atoms with van der Waals surface area (Å²) in [5, 5.41) is 2.88. The molecule has 0 radical (unpaired) electrons. The molecule has 2 rings (SSSR count). The number of hydrogen-bond donors (Lipinski definition) is 2. The smallest absolute Gasteiger partial charge is 0.263 e. The van der Waals surface area contributed by atoms with Crippen molar-refractivity contribution in [2.45, 2.75) is 39.0 Å². The van der Waals surface area contributed by atoms with E-state index in [-0.39, 0.29) is 22.4 Å². The Labute approximate surface area is 149 Å². The van der Waals surface area contributed by atoms with E-state index in [1.165, 1.54) is 6.20 Å². The fourth-order valence-electron chi connectivity index (χ4n) is 2.99. The normalized spacial score (nSPS) is 18.5. The summed E-state index contributed by atoms with van der Waals surface area (Å²) in [6.07, 6.45) is 3.46. The Bertz CT molecular complexity index is 636. The predicted octanol–water partition coefficient (Wildman–Crippen LogP) is 1.16. The first-order valence-electron chi connectivity index (χ1n) is 8.90. The van der Waals surface area contributed by atoms with Crippen LogP contribution in [-0.2, 0) is 10.2 Å². The van der Waals surface area contributed by atoms with Gasteiger partial charge in [0, 0.05) is 45.0 Å². The van der Waals surface area contributed by atoms with Gasteiger partial charge in [-0.2, -0.15) is 0 Å². The number of nitrogens with one attached hydrogen (secondary N) is 2. The van der Waals surface area contributed by atoms with Crippen LogP contribution in [0.3, 0.4) is 0 Å². The fourth-order valence-corrected chi connectivity index (χ4v) is 2.99. The van der Waals surface area contributed by atoms with Gasteiger partial charge in [0.05, 0.1) is 0 Å². The lowest BCUT2D eigenvalue weighted by Gasteiger charge is -2.17. The van der Waals surface area contributed by atoms with Crippen LogP contribution in [0.4, 0.5) is 0 Å². The van der Waals surface area contributed by atoms with Crippen molar-refractivity contribution < 1.29 is 9.53 Å². The molecule has 1 aliphatic heterocycles. The zero-order valence-corrected chi connectivity index (χ0v) is 15.7. The average Bonchev–Trinajstić information content (AvgIpc) is 3.00. The first-order valence-corrected chi connectivity index (χ1v) is 8.90. The van der Waals surface area contributed by atoms with Crippen molar-refractivity contribution in [3.8, 4) is 0 Å². The molecule has 0 aliphatic carbocycles. The second-order valence-corrected chi connectivity index (χ2v) is 7.74. The van der Waals surface area contributed by atoms with Crippen LogP contribution in [0.15, 0.2) is 11.0 Å². The van der Waals surface area contributed by atoms with Gasteiger partial charge in [0.15, 0.2) is 0 Å². The fraction of sp³-hybridized carbons (Fsp3) is 0.722. The second-order valence-electron chi connectivity index (χ2n) is 7.74. The Morgan fingerprint density at radius 3 is 2.88 bits per heavy atom. The predicted molar refractivity (Wildman–Crippen MR) is 96.9 cm³/mol. The van der Waals surface area contributed by atoms with Crippen molar-refractivity contribution in [1.29, 1.82) is 0 Å². The molecule has 0 aromatic carbocycles. The minimum atomic E-state index is -0.384. The van der Waals surface area contributed by atoms with Gasteiger partial charge in [0.2, 0.25) is 0 Å². The number of hydrogen-bond acceptors (Lipinski definition) is 5. The van der Waals surface area contributed by atoms with Gasteiger partial charge in [-0.15, -0.1) is 0 Å². The zero-order chi connectivity index (χ0) is 18.4. The van der Waals surface area contributed by atoms with E-state index in [1.807, 2.05) is 20.8 Å². The van der Waals surface area contributed by atoms with E-state index >= 15 is 0 Å². The summed E-state index contributed by atoms with van der Waals surface area (Å²) in [4.78, 5) is 33.8. The largest absolute Gasteiger partial charge is 0.385 e. The molecule has 140 valence electrons. The summed E-state index contributed by atoms with van der Waals surface area (Å²) in [6, 6.07) is 0. The summed E-state index contributed by atoms with van der Waals surface area (Å²) in [5.74, 6) is 0.649. The molecular formula is C18H30N4O3. The van der Waals surface area contributed by atoms with Gasteiger partial charge in [-0.05, 0) is 25.3 Å². The highest BCUT2D eigenvalue weighted by molar-refractivity contribution is 5.93. The Morgan fingerprint density at radius 1 is 1.48 bits per heavy atom. The van der Waals surface area contributed by atoms with E-state index in [0.717, 1.165) is 39.1 Å². The lowest BCUT2D eigenvalue weighted by molar-refractivity contribution is 0.0945. The standard InChI is InChI=1S/C18H30N4O3/c1-18(2,3)17-20-11-14(16(24)21-17)15(23)19-10-13-6-8-22(12-13)7-5-9-25-4/h11,13H,5-10,12H2,1-4H3,(H,19,23)(H,20,21,24). The topological polar surface area (TPSA) is 87.3 Å². The molecule has 0 spiro atoms. The number of amides is 1. The first kappa shape index (κ1) is 19.6. The van der Waals surface area contributed by atoms with Gasteiger partial charge in [-0.25, -0.2) is 4.98 Å². The quantitative estimate of drug-likeness (QED) is 0.721. The summed E-state index contributed by atoms with van der Waals surface area (Å²) in [5.41, 5.74) is -0.572. The van der Waals surface area contributed by atoms with Crippen LogP contribution in [0.2, 0.25) is 0 Å². The summed E-state index contributed by atoms with van der Waals surface area (Å²) < 4.78 is 5.07. The van der Waals surface area contributed by atoms with Crippen LogP contribution >= 0.6 is 0 Å². The van der Waals surface area contributed by atoms with Crippen LogP contribution in [-0.4, -0.2) is 60.7 Å². The summed E-state index contributed by atoms with van der Waals surface area (Å²) in [6.45, 7) is 10.3. The van der Waals surface area contributed by atoms with E-state index in [1.54, 1.807) is 7.11 Å². The number of nitrogens with zero attached hydrogens (tertiary/aromatic N) is 2. The lowest BCUT2D eigenvalue weighted by Crippen LogP contribution is -2.35. The molecule has 1 aliphatic rings. The highest BCUT2D eigenvalue weighted by atomic mass is 16.5. The van der Waals surface area contributed by atoms with Crippen molar-refractivity contribution in [3.05, 3.63) is 27.9 Å². The van der Waals surface area contributed by atoms with Crippen molar-refractivity contribution in [1.82, 2.24) is 20.2 Å². The van der Waals surface area contributed by atoms with E-state index in [9.17, 15) is 9.59 Å². The number of carbonyl (C=O) groups excluding carboxylic acids is 1. The van der Waals surface area contributed by atoms with E-state index in [2.05, 4.69) is 20.2 Å². The molecule has 1 saturated heterocycles. The number of carbonyl (C=O) groups is 1. The molecule has 1 atom stereocenters. The Hall–Kier alpha value is -1.73. The maximum atomic E-state index is 12.3. The molecule has 7 heteroatoms. The molecule has 1 aromatic rings. The highest BCUT2D eigenvalue weighted by Crippen LogP contribution is 2.17. The first-order chi connectivity index (χ1) is 11.8. The molecule has 2 heterocycles. The van der Waals surface area contributed by atoms with Crippen molar-refractivity contribution in [2.24, 2.45) is 5.92 Å². The molecule has 0 bridgehead atoms. The monoisotopic (exact) mass is 350 g/mol. The Kier molecular flexibility index (Phi) is 6.72. The highest BCUT2D eigenvalue weighted by Gasteiger charge is 2.23. The molecule has 0 saturated carbocycles. The van der Waals surface area contributed by atoms with Crippen LogP contribution in [0.5, 0.6) is 0 Å². The lowest BCUT2D eigenvalue weighted by atomic mass is 9.96. The minimum Gasteiger partial charge on any atom is -0.385 e. The third-order valence-electron chi connectivity index (χ3n) is 4.50. The molecule has 1 fully saturated rings. The van der Waals surface area contributed by atoms with Crippen LogP contribution in [0.1, 0.15) is 49.8 Å². The number of aromatic nitrogens is 2. The Balaban J connectivity index is 1.84. The van der Waals surface area contributed by atoms with Crippen molar-refractivity contribution in [3.63, 3.8) is 0 Å². The summed E-state index contributed by atoms with van der Waals surface area (Å²) in [7, 11) is 1.72. The maximum absolute atomic E-state index is 12.3. The minimum absolute atomic E-state index is 0.0722. The second kappa shape index (κ2) is 8.58. The van der Waals surface area contributed by atoms with E-state index < -0.39 is 0 Å². The number of methoxy groups -OCH3 is 1. The maximum Gasteiger partial charge on any atom is 0.263 e. The Morgan fingerprint density at radius 2 is 2.24 bits per heavy atom. The molecule has 25 heavy (non-hydrogen) atoms. The number of likely N-dealkylation sites (tertiary alicyclic amines) is 1. The zero-order valence-electron chi connectivity index (χ0n) is 15.7. The number of ether oxygens (including phenoxy) is 1. The van der Waals surface area contributed by atoms with Gasteiger partial charge in [0.25, 0.3) is 11.5 Å². The van der Waals surface area contributed by atoms with Crippen LogP contribution < -0.4 is 10.9 Å².